The Balaban J connectivity index is 2.05. The summed E-state index contributed by atoms with van der Waals surface area (Å²) in [5, 5.41) is 6.25. The van der Waals surface area contributed by atoms with E-state index in [0.717, 1.165) is 29.5 Å². The molecule has 1 atom stereocenters. The molecular weight excluding hydrogens is 268 g/mol. The topological polar surface area (TPSA) is 41.1 Å². The Morgan fingerprint density at radius 1 is 1.56 bits per heavy atom. The van der Waals surface area contributed by atoms with Gasteiger partial charge in [-0.2, -0.15) is 0 Å². The van der Waals surface area contributed by atoms with Gasteiger partial charge in [0.1, 0.15) is 0 Å². The molecule has 1 aliphatic rings. The molecular formula is C12H15BrN2O. The van der Waals surface area contributed by atoms with Crippen LogP contribution in [0.3, 0.4) is 0 Å². The lowest BCUT2D eigenvalue weighted by molar-refractivity contribution is 0.0940. The number of amides is 1. The van der Waals surface area contributed by atoms with Crippen LogP contribution >= 0.6 is 15.9 Å². The van der Waals surface area contributed by atoms with E-state index in [-0.39, 0.29) is 11.9 Å². The van der Waals surface area contributed by atoms with Crippen molar-refractivity contribution in [2.24, 2.45) is 0 Å². The minimum Gasteiger partial charge on any atom is -0.348 e. The normalized spacial score (nSPS) is 19.8. The molecule has 0 unspecified atom stereocenters. The fourth-order valence-electron chi connectivity index (χ4n) is 1.78. The Labute approximate surface area is 104 Å². The summed E-state index contributed by atoms with van der Waals surface area (Å²) in [4.78, 5) is 11.9. The number of benzene rings is 1. The van der Waals surface area contributed by atoms with Crippen LogP contribution in [0.15, 0.2) is 22.7 Å². The summed E-state index contributed by atoms with van der Waals surface area (Å²) in [6.45, 7) is 3.87. The monoisotopic (exact) mass is 282 g/mol. The zero-order valence-electron chi connectivity index (χ0n) is 9.22. The molecule has 16 heavy (non-hydrogen) atoms. The van der Waals surface area contributed by atoms with Gasteiger partial charge in [-0.25, -0.2) is 0 Å². The van der Waals surface area contributed by atoms with Crippen molar-refractivity contribution in [1.82, 2.24) is 10.6 Å². The van der Waals surface area contributed by atoms with Gasteiger partial charge < -0.3 is 10.6 Å². The van der Waals surface area contributed by atoms with E-state index in [1.165, 1.54) is 0 Å². The molecule has 86 valence electrons. The highest BCUT2D eigenvalue weighted by atomic mass is 79.9. The Bertz CT molecular complexity index is 400. The molecule has 1 fully saturated rings. The fraction of sp³-hybridized carbons (Fsp3) is 0.417. The van der Waals surface area contributed by atoms with E-state index in [4.69, 9.17) is 0 Å². The van der Waals surface area contributed by atoms with Gasteiger partial charge in [0.05, 0.1) is 0 Å². The SMILES string of the molecule is Cc1ccc(C(=O)N[C@@H]2CCNC2)cc1Br. The molecule has 1 saturated heterocycles. The van der Waals surface area contributed by atoms with Crippen molar-refractivity contribution in [2.45, 2.75) is 19.4 Å². The quantitative estimate of drug-likeness (QED) is 0.869. The molecule has 0 radical (unpaired) electrons. The second-order valence-corrected chi connectivity index (χ2v) is 4.98. The third-order valence-corrected chi connectivity index (χ3v) is 3.68. The van der Waals surface area contributed by atoms with E-state index in [1.54, 1.807) is 0 Å². The van der Waals surface area contributed by atoms with Gasteiger partial charge >= 0.3 is 0 Å². The van der Waals surface area contributed by atoms with Gasteiger partial charge in [-0.3, -0.25) is 4.79 Å². The van der Waals surface area contributed by atoms with Crippen molar-refractivity contribution >= 4 is 21.8 Å². The lowest BCUT2D eigenvalue weighted by Gasteiger charge is -2.11. The molecule has 3 nitrogen and oxygen atoms in total. The van der Waals surface area contributed by atoms with E-state index in [2.05, 4.69) is 26.6 Å². The first-order chi connectivity index (χ1) is 7.66. The Kier molecular flexibility index (Phi) is 3.61. The average Bonchev–Trinajstić information content (AvgIpc) is 2.74. The predicted octanol–water partition coefficient (Wildman–Crippen LogP) is 1.85. The molecule has 1 heterocycles. The highest BCUT2D eigenvalue weighted by Crippen LogP contribution is 2.17. The smallest absolute Gasteiger partial charge is 0.251 e. The Morgan fingerprint density at radius 2 is 2.38 bits per heavy atom. The molecule has 1 amide bonds. The van der Waals surface area contributed by atoms with Crippen LogP contribution in [-0.2, 0) is 0 Å². The van der Waals surface area contributed by atoms with Crippen molar-refractivity contribution in [3.05, 3.63) is 33.8 Å². The van der Waals surface area contributed by atoms with Crippen molar-refractivity contribution < 1.29 is 4.79 Å². The highest BCUT2D eigenvalue weighted by Gasteiger charge is 2.17. The standard InChI is InChI=1S/C12H15BrN2O/c1-8-2-3-9(6-11(8)13)12(16)15-10-4-5-14-7-10/h2-3,6,10,14H,4-5,7H2,1H3,(H,15,16)/t10-/m1/s1. The lowest BCUT2D eigenvalue weighted by atomic mass is 10.1. The van der Waals surface area contributed by atoms with Crippen LogP contribution in [-0.4, -0.2) is 25.0 Å². The zero-order chi connectivity index (χ0) is 11.5. The van der Waals surface area contributed by atoms with Gasteiger partial charge in [0, 0.05) is 22.6 Å². The summed E-state index contributed by atoms with van der Waals surface area (Å²) < 4.78 is 0.977. The maximum atomic E-state index is 11.9. The summed E-state index contributed by atoms with van der Waals surface area (Å²) in [6, 6.07) is 5.95. The van der Waals surface area contributed by atoms with Crippen molar-refractivity contribution in [2.75, 3.05) is 13.1 Å². The number of carbonyl (C=O) groups is 1. The largest absolute Gasteiger partial charge is 0.348 e. The number of hydrogen-bond donors (Lipinski definition) is 2. The van der Waals surface area contributed by atoms with Crippen LogP contribution in [0.4, 0.5) is 0 Å². The van der Waals surface area contributed by atoms with Crippen molar-refractivity contribution in [3.63, 3.8) is 0 Å². The van der Waals surface area contributed by atoms with Crippen molar-refractivity contribution in [1.29, 1.82) is 0 Å². The molecule has 0 bridgehead atoms. The number of carbonyl (C=O) groups excluding carboxylic acids is 1. The fourth-order valence-corrected chi connectivity index (χ4v) is 2.16. The third kappa shape index (κ3) is 2.62. The van der Waals surface area contributed by atoms with E-state index in [9.17, 15) is 4.79 Å². The summed E-state index contributed by atoms with van der Waals surface area (Å²) in [5.74, 6) is 0.00870. The van der Waals surface area contributed by atoms with Gasteiger partial charge in [-0.05, 0) is 37.6 Å². The van der Waals surface area contributed by atoms with Crippen molar-refractivity contribution in [3.8, 4) is 0 Å². The van der Waals surface area contributed by atoms with Crippen LogP contribution in [0.2, 0.25) is 0 Å². The molecule has 1 aliphatic heterocycles. The first-order valence-corrected chi connectivity index (χ1v) is 6.24. The van der Waals surface area contributed by atoms with Crippen LogP contribution in [0.5, 0.6) is 0 Å². The van der Waals surface area contributed by atoms with Crippen LogP contribution in [0.1, 0.15) is 22.3 Å². The second-order valence-electron chi connectivity index (χ2n) is 4.13. The van der Waals surface area contributed by atoms with E-state index < -0.39 is 0 Å². The van der Waals surface area contributed by atoms with Gasteiger partial charge in [0.15, 0.2) is 0 Å². The summed E-state index contributed by atoms with van der Waals surface area (Å²) >= 11 is 3.43. The van der Waals surface area contributed by atoms with Gasteiger partial charge in [0.2, 0.25) is 0 Å². The van der Waals surface area contributed by atoms with Crippen LogP contribution < -0.4 is 10.6 Å². The first kappa shape index (κ1) is 11.6. The molecule has 2 rings (SSSR count). The number of nitrogens with one attached hydrogen (secondary N) is 2. The molecule has 1 aromatic rings. The molecule has 1 aromatic carbocycles. The lowest BCUT2D eigenvalue weighted by Crippen LogP contribution is -2.36. The van der Waals surface area contributed by atoms with Crippen LogP contribution in [0, 0.1) is 6.92 Å². The number of hydrogen-bond acceptors (Lipinski definition) is 2. The maximum Gasteiger partial charge on any atom is 0.251 e. The maximum absolute atomic E-state index is 11.9. The van der Waals surface area contributed by atoms with Gasteiger partial charge in [0.25, 0.3) is 5.91 Å². The van der Waals surface area contributed by atoms with Gasteiger partial charge in [-0.1, -0.05) is 22.0 Å². The van der Waals surface area contributed by atoms with E-state index >= 15 is 0 Å². The number of aryl methyl sites for hydroxylation is 1. The van der Waals surface area contributed by atoms with E-state index in [0.29, 0.717) is 5.56 Å². The second kappa shape index (κ2) is 4.97. The molecule has 0 spiro atoms. The highest BCUT2D eigenvalue weighted by molar-refractivity contribution is 9.10. The summed E-state index contributed by atoms with van der Waals surface area (Å²) in [5.41, 5.74) is 1.85. The molecule has 4 heteroatoms. The zero-order valence-corrected chi connectivity index (χ0v) is 10.8. The molecule has 0 saturated carbocycles. The minimum absolute atomic E-state index is 0.00870. The Hall–Kier alpha value is -0.870. The predicted molar refractivity (Wildman–Crippen MR) is 67.6 cm³/mol. The Morgan fingerprint density at radius 3 is 3.00 bits per heavy atom. The summed E-state index contributed by atoms with van der Waals surface area (Å²) in [7, 11) is 0. The summed E-state index contributed by atoms with van der Waals surface area (Å²) in [6.07, 6.45) is 1.01. The van der Waals surface area contributed by atoms with Gasteiger partial charge in [-0.15, -0.1) is 0 Å². The van der Waals surface area contributed by atoms with Crippen LogP contribution in [0.25, 0.3) is 0 Å². The number of halogens is 1. The number of rotatable bonds is 2. The third-order valence-electron chi connectivity index (χ3n) is 2.83. The molecule has 0 aromatic heterocycles. The molecule has 2 N–H and O–H groups in total. The average molecular weight is 283 g/mol. The molecule has 0 aliphatic carbocycles. The van der Waals surface area contributed by atoms with E-state index in [1.807, 2.05) is 25.1 Å². The minimum atomic E-state index is 0.00870. The first-order valence-electron chi connectivity index (χ1n) is 5.44.